The van der Waals surface area contributed by atoms with E-state index < -0.39 is 11.6 Å². The minimum atomic E-state index is -0.953. The van der Waals surface area contributed by atoms with Gasteiger partial charge in [-0.05, 0) is 12.1 Å². The lowest BCUT2D eigenvalue weighted by Crippen LogP contribution is -2.30. The lowest BCUT2D eigenvalue weighted by Gasteiger charge is -2.22. The van der Waals surface area contributed by atoms with E-state index in [0.29, 0.717) is 6.54 Å². The molecule has 0 bridgehead atoms. The van der Waals surface area contributed by atoms with Gasteiger partial charge in [-0.1, -0.05) is 19.9 Å². The monoisotopic (exact) mass is 215 g/mol. The molecule has 0 saturated carbocycles. The molecule has 0 fully saturated rings. The predicted molar refractivity (Wildman–Crippen MR) is 54.7 cm³/mol. The van der Waals surface area contributed by atoms with Crippen molar-refractivity contribution < 1.29 is 13.5 Å². The highest BCUT2D eigenvalue weighted by Crippen LogP contribution is 2.22. The molecule has 0 unspecified atom stereocenters. The maximum Gasteiger partial charge on any atom is 0.200 e. The number of nitrogens with two attached hydrogens (primary N) is 1. The molecule has 1 aromatic carbocycles. The highest BCUT2D eigenvalue weighted by atomic mass is 19.2. The van der Waals surface area contributed by atoms with Crippen LogP contribution in [-0.2, 0) is 0 Å². The fraction of sp³-hybridized carbons (Fsp3) is 0.455. The van der Waals surface area contributed by atoms with Crippen LogP contribution >= 0.6 is 0 Å². The van der Waals surface area contributed by atoms with Gasteiger partial charge >= 0.3 is 0 Å². The molecule has 0 amide bonds. The molecule has 0 spiro atoms. The third-order valence-corrected chi connectivity index (χ3v) is 2.09. The molecule has 4 heteroatoms. The largest absolute Gasteiger partial charge is 0.490 e. The first-order valence-corrected chi connectivity index (χ1v) is 4.73. The summed E-state index contributed by atoms with van der Waals surface area (Å²) < 4.78 is 31.1. The second-order valence-corrected chi connectivity index (χ2v) is 4.21. The molecule has 0 atom stereocenters. The Bertz CT molecular complexity index is 339. The fourth-order valence-corrected chi connectivity index (χ4v) is 0.928. The van der Waals surface area contributed by atoms with Crippen molar-refractivity contribution >= 4 is 0 Å². The normalized spacial score (nSPS) is 11.5. The summed E-state index contributed by atoms with van der Waals surface area (Å²) in [7, 11) is 0. The van der Waals surface area contributed by atoms with Gasteiger partial charge in [0.25, 0.3) is 0 Å². The maximum atomic E-state index is 13.1. The standard InChI is InChI=1S/C11H15F2NO/c1-11(2,6-14)7-15-9-5-3-4-8(12)10(9)13/h3-5H,6-7,14H2,1-2H3. The van der Waals surface area contributed by atoms with Gasteiger partial charge in [0, 0.05) is 12.0 Å². The van der Waals surface area contributed by atoms with Gasteiger partial charge in [0.05, 0.1) is 6.61 Å². The van der Waals surface area contributed by atoms with Gasteiger partial charge in [-0.15, -0.1) is 0 Å². The Labute approximate surface area is 88.0 Å². The van der Waals surface area contributed by atoms with E-state index in [4.69, 9.17) is 10.5 Å². The van der Waals surface area contributed by atoms with E-state index in [2.05, 4.69) is 0 Å². The van der Waals surface area contributed by atoms with E-state index in [1.165, 1.54) is 12.1 Å². The molecule has 2 N–H and O–H groups in total. The Morgan fingerprint density at radius 1 is 1.33 bits per heavy atom. The zero-order valence-corrected chi connectivity index (χ0v) is 8.89. The van der Waals surface area contributed by atoms with Gasteiger partial charge in [0.2, 0.25) is 5.82 Å². The summed E-state index contributed by atoms with van der Waals surface area (Å²) in [5, 5.41) is 0. The van der Waals surface area contributed by atoms with Crippen LogP contribution in [0.5, 0.6) is 5.75 Å². The zero-order valence-electron chi connectivity index (χ0n) is 8.89. The van der Waals surface area contributed by atoms with Gasteiger partial charge in [-0.2, -0.15) is 4.39 Å². The van der Waals surface area contributed by atoms with Crippen LogP contribution in [0.25, 0.3) is 0 Å². The number of halogens is 2. The SMILES string of the molecule is CC(C)(CN)COc1cccc(F)c1F. The number of ether oxygens (including phenoxy) is 1. The van der Waals surface area contributed by atoms with Crippen LogP contribution in [0.3, 0.4) is 0 Å². The quantitative estimate of drug-likeness (QED) is 0.836. The van der Waals surface area contributed by atoms with Gasteiger partial charge < -0.3 is 10.5 Å². The molecular weight excluding hydrogens is 200 g/mol. The van der Waals surface area contributed by atoms with Gasteiger partial charge in [0.15, 0.2) is 11.6 Å². The third kappa shape index (κ3) is 3.16. The maximum absolute atomic E-state index is 13.1. The molecule has 0 radical (unpaired) electrons. The summed E-state index contributed by atoms with van der Waals surface area (Å²) in [6.45, 7) is 4.46. The van der Waals surface area contributed by atoms with Crippen molar-refractivity contribution in [1.29, 1.82) is 0 Å². The van der Waals surface area contributed by atoms with Crippen LogP contribution in [0.2, 0.25) is 0 Å². The molecular formula is C11H15F2NO. The Kier molecular flexibility index (Phi) is 3.63. The van der Waals surface area contributed by atoms with E-state index in [9.17, 15) is 8.78 Å². The molecule has 15 heavy (non-hydrogen) atoms. The second-order valence-electron chi connectivity index (χ2n) is 4.21. The van der Waals surface area contributed by atoms with Crippen molar-refractivity contribution in [2.24, 2.45) is 11.1 Å². The van der Waals surface area contributed by atoms with E-state index in [1.54, 1.807) is 0 Å². The summed E-state index contributed by atoms with van der Waals surface area (Å²) in [5.41, 5.74) is 5.24. The smallest absolute Gasteiger partial charge is 0.200 e. The van der Waals surface area contributed by atoms with Crippen LogP contribution in [0.1, 0.15) is 13.8 Å². The lowest BCUT2D eigenvalue weighted by atomic mass is 9.95. The molecule has 2 nitrogen and oxygen atoms in total. The van der Waals surface area contributed by atoms with Crippen LogP contribution in [0, 0.1) is 17.0 Å². The third-order valence-electron chi connectivity index (χ3n) is 2.09. The first-order valence-electron chi connectivity index (χ1n) is 4.73. The Morgan fingerprint density at radius 3 is 2.60 bits per heavy atom. The second kappa shape index (κ2) is 4.57. The Hall–Kier alpha value is -1.16. The molecule has 0 heterocycles. The molecule has 0 saturated heterocycles. The van der Waals surface area contributed by atoms with Crippen molar-refractivity contribution in [1.82, 2.24) is 0 Å². The Balaban J connectivity index is 2.70. The molecule has 0 aliphatic carbocycles. The van der Waals surface area contributed by atoms with E-state index in [0.717, 1.165) is 6.07 Å². The highest BCUT2D eigenvalue weighted by molar-refractivity contribution is 5.25. The molecule has 84 valence electrons. The molecule has 1 aromatic rings. The predicted octanol–water partition coefficient (Wildman–Crippen LogP) is 2.33. The number of benzene rings is 1. The summed E-state index contributed by atoms with van der Waals surface area (Å²) in [4.78, 5) is 0. The summed E-state index contributed by atoms with van der Waals surface area (Å²) in [6.07, 6.45) is 0. The highest BCUT2D eigenvalue weighted by Gasteiger charge is 2.18. The first kappa shape index (κ1) is 11.9. The van der Waals surface area contributed by atoms with Crippen LogP contribution in [0.15, 0.2) is 18.2 Å². The van der Waals surface area contributed by atoms with E-state index in [1.807, 2.05) is 13.8 Å². The molecule has 0 aromatic heterocycles. The lowest BCUT2D eigenvalue weighted by molar-refractivity contribution is 0.179. The topological polar surface area (TPSA) is 35.2 Å². The number of rotatable bonds is 4. The zero-order chi connectivity index (χ0) is 11.5. The van der Waals surface area contributed by atoms with E-state index >= 15 is 0 Å². The Morgan fingerprint density at radius 2 is 2.00 bits per heavy atom. The van der Waals surface area contributed by atoms with Crippen LogP contribution in [0.4, 0.5) is 8.78 Å². The molecule has 0 aliphatic rings. The fourth-order valence-electron chi connectivity index (χ4n) is 0.928. The number of hydrogen-bond donors (Lipinski definition) is 1. The van der Waals surface area contributed by atoms with Crippen molar-refractivity contribution in [3.8, 4) is 5.75 Å². The van der Waals surface area contributed by atoms with E-state index in [-0.39, 0.29) is 17.8 Å². The number of hydrogen-bond acceptors (Lipinski definition) is 2. The van der Waals surface area contributed by atoms with Crippen LogP contribution in [-0.4, -0.2) is 13.2 Å². The van der Waals surface area contributed by atoms with Gasteiger partial charge in [-0.3, -0.25) is 0 Å². The summed E-state index contributed by atoms with van der Waals surface area (Å²) in [5.74, 6) is -1.93. The molecule has 1 rings (SSSR count). The van der Waals surface area contributed by atoms with Crippen molar-refractivity contribution in [2.75, 3.05) is 13.2 Å². The molecule has 0 aliphatic heterocycles. The summed E-state index contributed by atoms with van der Waals surface area (Å²) >= 11 is 0. The van der Waals surface area contributed by atoms with Crippen molar-refractivity contribution in [3.63, 3.8) is 0 Å². The van der Waals surface area contributed by atoms with Gasteiger partial charge in [-0.25, -0.2) is 4.39 Å². The average molecular weight is 215 g/mol. The minimum Gasteiger partial charge on any atom is -0.490 e. The van der Waals surface area contributed by atoms with Gasteiger partial charge in [0.1, 0.15) is 0 Å². The van der Waals surface area contributed by atoms with Crippen molar-refractivity contribution in [2.45, 2.75) is 13.8 Å². The average Bonchev–Trinajstić information content (AvgIpc) is 2.20. The van der Waals surface area contributed by atoms with Crippen molar-refractivity contribution in [3.05, 3.63) is 29.8 Å². The first-order chi connectivity index (χ1) is 6.96. The minimum absolute atomic E-state index is 0.0727. The summed E-state index contributed by atoms with van der Waals surface area (Å²) in [6, 6.07) is 3.85. The van der Waals surface area contributed by atoms with Crippen LogP contribution < -0.4 is 10.5 Å².